The van der Waals surface area contributed by atoms with Crippen LogP contribution in [-0.2, 0) is 17.8 Å². The minimum atomic E-state index is 0.594. The molecule has 0 unspecified atom stereocenters. The van der Waals surface area contributed by atoms with Gasteiger partial charge < -0.3 is 9.30 Å². The first-order valence-electron chi connectivity index (χ1n) is 6.59. The Hall–Kier alpha value is -0.870. The molecule has 1 aromatic rings. The second-order valence-electron chi connectivity index (χ2n) is 5.37. The lowest BCUT2D eigenvalue weighted by Gasteiger charge is -2.37. The molecule has 1 atom stereocenters. The molecular formula is C13H21N3O. The monoisotopic (exact) mass is 235 g/mol. The highest BCUT2D eigenvalue weighted by Gasteiger charge is 2.30. The molecule has 17 heavy (non-hydrogen) atoms. The van der Waals surface area contributed by atoms with Crippen molar-refractivity contribution in [1.82, 2.24) is 14.5 Å². The zero-order valence-corrected chi connectivity index (χ0v) is 10.5. The summed E-state index contributed by atoms with van der Waals surface area (Å²) in [4.78, 5) is 6.91. The van der Waals surface area contributed by atoms with E-state index in [1.54, 1.807) is 7.11 Å². The summed E-state index contributed by atoms with van der Waals surface area (Å²) in [5.74, 6) is 0.594. The van der Waals surface area contributed by atoms with Crippen molar-refractivity contribution < 1.29 is 4.74 Å². The molecule has 0 amide bonds. The third-order valence-corrected chi connectivity index (χ3v) is 4.10. The summed E-state index contributed by atoms with van der Waals surface area (Å²) in [7, 11) is 1.80. The van der Waals surface area contributed by atoms with Gasteiger partial charge in [0, 0.05) is 44.9 Å². The Bertz CT molecular complexity index is 372. The molecule has 0 bridgehead atoms. The Kier molecular flexibility index (Phi) is 3.16. The van der Waals surface area contributed by atoms with Crippen LogP contribution in [0.3, 0.4) is 0 Å². The van der Waals surface area contributed by atoms with Crippen LogP contribution in [0.5, 0.6) is 0 Å². The van der Waals surface area contributed by atoms with E-state index >= 15 is 0 Å². The maximum Gasteiger partial charge on any atom is 0.0948 e. The largest absolute Gasteiger partial charge is 0.384 e. The second kappa shape index (κ2) is 4.78. The van der Waals surface area contributed by atoms with Crippen LogP contribution in [0.15, 0.2) is 12.5 Å². The van der Waals surface area contributed by atoms with Gasteiger partial charge in [-0.25, -0.2) is 4.98 Å². The van der Waals surface area contributed by atoms with Gasteiger partial charge in [0.15, 0.2) is 0 Å². The van der Waals surface area contributed by atoms with Crippen LogP contribution >= 0.6 is 0 Å². The summed E-state index contributed by atoms with van der Waals surface area (Å²) in [6, 6.07) is 0.802. The van der Waals surface area contributed by atoms with Crippen molar-refractivity contribution in [1.29, 1.82) is 0 Å². The van der Waals surface area contributed by atoms with Gasteiger partial charge in [-0.05, 0) is 12.8 Å². The predicted molar refractivity (Wildman–Crippen MR) is 65.6 cm³/mol. The Morgan fingerprint density at radius 3 is 3.00 bits per heavy atom. The molecular weight excluding hydrogens is 214 g/mol. The normalized spacial score (nSPS) is 26.3. The van der Waals surface area contributed by atoms with E-state index in [-0.39, 0.29) is 0 Å². The van der Waals surface area contributed by atoms with Crippen LogP contribution in [0.2, 0.25) is 0 Å². The smallest absolute Gasteiger partial charge is 0.0948 e. The van der Waals surface area contributed by atoms with Gasteiger partial charge in [0.1, 0.15) is 0 Å². The molecule has 4 nitrogen and oxygen atoms in total. The Morgan fingerprint density at radius 1 is 1.41 bits per heavy atom. The van der Waals surface area contributed by atoms with Crippen LogP contribution < -0.4 is 0 Å². The van der Waals surface area contributed by atoms with Crippen LogP contribution in [0.1, 0.15) is 25.0 Å². The fourth-order valence-corrected chi connectivity index (χ4v) is 2.96. The van der Waals surface area contributed by atoms with Gasteiger partial charge >= 0.3 is 0 Å². The van der Waals surface area contributed by atoms with Gasteiger partial charge in [-0.3, -0.25) is 4.90 Å². The first-order chi connectivity index (χ1) is 8.36. The lowest BCUT2D eigenvalue weighted by molar-refractivity contribution is 0.0721. The molecule has 3 rings (SSSR count). The summed E-state index contributed by atoms with van der Waals surface area (Å²) in [5, 5.41) is 0. The average molecular weight is 235 g/mol. The summed E-state index contributed by atoms with van der Waals surface area (Å²) >= 11 is 0. The highest BCUT2D eigenvalue weighted by atomic mass is 16.5. The minimum absolute atomic E-state index is 0.594. The Balaban J connectivity index is 1.78. The molecule has 0 spiro atoms. The van der Waals surface area contributed by atoms with Crippen molar-refractivity contribution in [2.45, 2.75) is 38.4 Å². The standard InChI is InChI=1S/C13H21N3O/c1-17-9-11-6-15(12-3-2-4-12)8-13-5-14-10-16(13)7-11/h5,10-12H,2-4,6-9H2,1H3/t11-/m1/s1. The van der Waals surface area contributed by atoms with Crippen LogP contribution in [0.25, 0.3) is 0 Å². The highest BCUT2D eigenvalue weighted by molar-refractivity contribution is 5.02. The van der Waals surface area contributed by atoms with Gasteiger partial charge in [-0.2, -0.15) is 0 Å². The number of imidazole rings is 1. The van der Waals surface area contributed by atoms with Crippen molar-refractivity contribution in [2.75, 3.05) is 20.3 Å². The third kappa shape index (κ3) is 2.24. The number of nitrogens with zero attached hydrogens (tertiary/aromatic N) is 3. The number of hydrogen-bond acceptors (Lipinski definition) is 3. The molecule has 1 aliphatic heterocycles. The van der Waals surface area contributed by atoms with Crippen molar-refractivity contribution >= 4 is 0 Å². The zero-order chi connectivity index (χ0) is 11.7. The number of ether oxygens (including phenoxy) is 1. The van der Waals surface area contributed by atoms with E-state index in [9.17, 15) is 0 Å². The van der Waals surface area contributed by atoms with E-state index in [0.29, 0.717) is 5.92 Å². The molecule has 4 heteroatoms. The fourth-order valence-electron chi connectivity index (χ4n) is 2.96. The van der Waals surface area contributed by atoms with Crippen LogP contribution in [0, 0.1) is 5.92 Å². The predicted octanol–water partition coefficient (Wildman–Crippen LogP) is 1.51. The molecule has 1 aromatic heterocycles. The van der Waals surface area contributed by atoms with Gasteiger partial charge in [-0.1, -0.05) is 6.42 Å². The third-order valence-electron chi connectivity index (χ3n) is 4.10. The molecule has 0 saturated heterocycles. The number of rotatable bonds is 3. The Labute approximate surface area is 103 Å². The second-order valence-corrected chi connectivity index (χ2v) is 5.37. The maximum atomic E-state index is 5.35. The van der Waals surface area contributed by atoms with E-state index in [1.807, 2.05) is 12.5 Å². The van der Waals surface area contributed by atoms with Gasteiger partial charge in [0.25, 0.3) is 0 Å². The molecule has 1 aliphatic carbocycles. The van der Waals surface area contributed by atoms with E-state index in [4.69, 9.17) is 4.74 Å². The first-order valence-corrected chi connectivity index (χ1v) is 6.59. The quantitative estimate of drug-likeness (QED) is 0.795. The van der Waals surface area contributed by atoms with Crippen LogP contribution in [-0.4, -0.2) is 40.8 Å². The lowest BCUT2D eigenvalue weighted by Crippen LogP contribution is -2.42. The molecule has 0 radical (unpaired) electrons. The number of aromatic nitrogens is 2. The van der Waals surface area contributed by atoms with E-state index in [0.717, 1.165) is 25.7 Å². The van der Waals surface area contributed by atoms with E-state index in [2.05, 4.69) is 14.5 Å². The molecule has 0 N–H and O–H groups in total. The number of fused-ring (bicyclic) bond motifs is 1. The molecule has 2 heterocycles. The molecule has 1 saturated carbocycles. The SMILES string of the molecule is COC[C@@H]1CN(C2CCC2)Cc2cncn2C1. The Morgan fingerprint density at radius 2 is 2.29 bits per heavy atom. The van der Waals surface area contributed by atoms with Gasteiger partial charge in [0.05, 0.1) is 18.6 Å². The molecule has 94 valence electrons. The first kappa shape index (κ1) is 11.2. The van der Waals surface area contributed by atoms with Crippen LogP contribution in [0.4, 0.5) is 0 Å². The number of methoxy groups -OCH3 is 1. The van der Waals surface area contributed by atoms with Crippen molar-refractivity contribution in [3.05, 3.63) is 18.2 Å². The topological polar surface area (TPSA) is 30.3 Å². The van der Waals surface area contributed by atoms with Gasteiger partial charge in [-0.15, -0.1) is 0 Å². The average Bonchev–Trinajstić information content (AvgIpc) is 2.57. The van der Waals surface area contributed by atoms with Crippen molar-refractivity contribution in [3.63, 3.8) is 0 Å². The van der Waals surface area contributed by atoms with E-state index < -0.39 is 0 Å². The number of hydrogen-bond donors (Lipinski definition) is 0. The molecule has 1 fully saturated rings. The summed E-state index contributed by atoms with van der Waals surface area (Å²) in [6.07, 6.45) is 8.11. The highest BCUT2D eigenvalue weighted by Crippen LogP contribution is 2.28. The lowest BCUT2D eigenvalue weighted by atomic mass is 9.90. The van der Waals surface area contributed by atoms with Crippen molar-refractivity contribution in [2.24, 2.45) is 5.92 Å². The maximum absolute atomic E-state index is 5.35. The molecule has 2 aliphatic rings. The summed E-state index contributed by atoms with van der Waals surface area (Å²) in [5.41, 5.74) is 1.36. The van der Waals surface area contributed by atoms with E-state index in [1.165, 1.54) is 31.5 Å². The zero-order valence-electron chi connectivity index (χ0n) is 10.5. The summed E-state index contributed by atoms with van der Waals surface area (Å²) < 4.78 is 7.64. The van der Waals surface area contributed by atoms with Crippen molar-refractivity contribution in [3.8, 4) is 0 Å². The summed E-state index contributed by atoms with van der Waals surface area (Å²) in [6.45, 7) is 4.12. The molecule has 0 aromatic carbocycles. The fraction of sp³-hybridized carbons (Fsp3) is 0.769. The minimum Gasteiger partial charge on any atom is -0.384 e. The van der Waals surface area contributed by atoms with Gasteiger partial charge in [0.2, 0.25) is 0 Å².